The molecule has 1 aromatic heterocycles. The van der Waals surface area contributed by atoms with Crippen molar-refractivity contribution in [2.45, 2.75) is 12.5 Å². The summed E-state index contributed by atoms with van der Waals surface area (Å²) in [6, 6.07) is 5.27. The van der Waals surface area contributed by atoms with Crippen molar-refractivity contribution in [1.82, 2.24) is 14.6 Å². The lowest BCUT2D eigenvalue weighted by Crippen LogP contribution is -2.28. The highest BCUT2D eigenvalue weighted by molar-refractivity contribution is 7.71. The van der Waals surface area contributed by atoms with Gasteiger partial charge in [-0.15, -0.1) is 0 Å². The smallest absolute Gasteiger partial charge is 0.267 e. The molecule has 1 aliphatic heterocycles. The van der Waals surface area contributed by atoms with Crippen LogP contribution in [0.4, 0.5) is 0 Å². The van der Waals surface area contributed by atoms with Crippen molar-refractivity contribution < 1.29 is 14.6 Å². The number of ether oxygens (including phenoxy) is 2. The summed E-state index contributed by atoms with van der Waals surface area (Å²) in [4.78, 5) is 12.6. The summed E-state index contributed by atoms with van der Waals surface area (Å²) in [7, 11) is 6.35. The molecular formula is C17H20N4O4S. The van der Waals surface area contributed by atoms with E-state index in [1.807, 2.05) is 18.2 Å². The average molecular weight is 376 g/mol. The zero-order valence-electron chi connectivity index (χ0n) is 14.9. The highest BCUT2D eigenvalue weighted by atomic mass is 32.1. The summed E-state index contributed by atoms with van der Waals surface area (Å²) >= 11 is 5.14. The Morgan fingerprint density at radius 1 is 1.27 bits per heavy atom. The van der Waals surface area contributed by atoms with Gasteiger partial charge in [0.15, 0.2) is 4.77 Å². The number of aromatic nitrogens is 2. The molecule has 3 rings (SSSR count). The first-order valence-corrected chi connectivity index (χ1v) is 8.33. The molecule has 0 saturated carbocycles. The van der Waals surface area contributed by atoms with Gasteiger partial charge in [-0.1, -0.05) is 0 Å². The number of methoxy groups -OCH3 is 2. The highest BCUT2D eigenvalue weighted by Gasteiger charge is 2.29. The molecule has 1 atom stereocenters. The van der Waals surface area contributed by atoms with Crippen LogP contribution in [0, 0.1) is 4.77 Å². The molecule has 0 unspecified atom stereocenters. The van der Waals surface area contributed by atoms with Crippen LogP contribution in [0.1, 0.15) is 23.6 Å². The molecule has 2 heterocycles. The van der Waals surface area contributed by atoms with Crippen molar-refractivity contribution in [3.8, 4) is 17.4 Å². The molecule has 0 fully saturated rings. The fourth-order valence-corrected chi connectivity index (χ4v) is 3.15. The average Bonchev–Trinajstić information content (AvgIpc) is 3.13. The third kappa shape index (κ3) is 2.84. The van der Waals surface area contributed by atoms with Crippen LogP contribution in [0.2, 0.25) is 0 Å². The van der Waals surface area contributed by atoms with Gasteiger partial charge in [0.2, 0.25) is 5.88 Å². The van der Waals surface area contributed by atoms with E-state index in [0.717, 1.165) is 5.56 Å². The van der Waals surface area contributed by atoms with Gasteiger partial charge in [-0.05, 0) is 30.4 Å². The number of hydrogen-bond donors (Lipinski definition) is 2. The summed E-state index contributed by atoms with van der Waals surface area (Å²) in [6.45, 7) is 0. The molecule has 2 aromatic rings. The van der Waals surface area contributed by atoms with Crippen LogP contribution in [0.15, 0.2) is 28.1 Å². The minimum atomic E-state index is -0.385. The third-order valence-electron chi connectivity index (χ3n) is 4.49. The summed E-state index contributed by atoms with van der Waals surface area (Å²) in [5.41, 5.74) is 4.08. The lowest BCUT2D eigenvalue weighted by Gasteiger charge is -2.16. The topological polar surface area (TPSA) is 90.0 Å². The third-order valence-corrected chi connectivity index (χ3v) is 5.04. The Bertz CT molecular complexity index is 1010. The maximum absolute atomic E-state index is 12.6. The Hall–Kier alpha value is -2.81. The van der Waals surface area contributed by atoms with E-state index in [1.54, 1.807) is 28.3 Å². The molecule has 0 spiro atoms. The second-order valence-corrected chi connectivity index (χ2v) is 6.32. The van der Waals surface area contributed by atoms with Crippen molar-refractivity contribution in [3.05, 3.63) is 44.5 Å². The molecule has 9 heteroatoms. The molecule has 26 heavy (non-hydrogen) atoms. The van der Waals surface area contributed by atoms with E-state index in [2.05, 4.69) is 10.5 Å². The Labute approximate surface area is 155 Å². The van der Waals surface area contributed by atoms with E-state index >= 15 is 0 Å². The minimum Gasteiger partial charge on any atom is -0.497 e. The molecular weight excluding hydrogens is 356 g/mol. The number of hydrazone groups is 1. The number of benzene rings is 1. The molecule has 0 radical (unpaired) electrons. The maximum Gasteiger partial charge on any atom is 0.267 e. The molecule has 1 aromatic carbocycles. The predicted octanol–water partition coefficient (Wildman–Crippen LogP) is 1.61. The molecule has 0 saturated heterocycles. The Balaban J connectivity index is 2.01. The number of nitrogens with zero attached hydrogens (tertiary/aromatic N) is 3. The molecule has 1 aliphatic rings. The highest BCUT2D eigenvalue weighted by Crippen LogP contribution is 2.34. The summed E-state index contributed by atoms with van der Waals surface area (Å²) in [6.07, 6.45) is 0.406. The van der Waals surface area contributed by atoms with Gasteiger partial charge < -0.3 is 20.0 Å². The van der Waals surface area contributed by atoms with Crippen LogP contribution in [-0.2, 0) is 14.1 Å². The number of rotatable bonds is 4. The fourth-order valence-electron chi connectivity index (χ4n) is 2.98. The van der Waals surface area contributed by atoms with E-state index in [4.69, 9.17) is 21.7 Å². The van der Waals surface area contributed by atoms with Crippen molar-refractivity contribution in [1.29, 1.82) is 0 Å². The number of aromatic hydroxyl groups is 1. The van der Waals surface area contributed by atoms with Gasteiger partial charge in [-0.25, -0.2) is 0 Å². The summed E-state index contributed by atoms with van der Waals surface area (Å²) in [5, 5.41) is 14.7. The standard InChI is InChI=1S/C17H20N4O4S/c1-20-15(22)14(16(23)21(2)17(20)26)12-8-11(18-19-12)10-7-9(24-3)5-6-13(10)25-4/h5-7,11,18,22H,8H2,1-4H3/t11-/m0/s1. The molecule has 0 bridgehead atoms. The van der Waals surface area contributed by atoms with Gasteiger partial charge in [0.05, 0.1) is 26.0 Å². The van der Waals surface area contributed by atoms with E-state index < -0.39 is 0 Å². The SMILES string of the molecule is COc1ccc(OC)c([C@@H]2CC(c3c(O)n(C)c(=S)n(C)c3=O)=NN2)c1. The Morgan fingerprint density at radius 3 is 2.65 bits per heavy atom. The zero-order valence-corrected chi connectivity index (χ0v) is 15.8. The van der Waals surface area contributed by atoms with Crippen molar-refractivity contribution >= 4 is 17.9 Å². The minimum absolute atomic E-state index is 0.139. The van der Waals surface area contributed by atoms with E-state index in [-0.39, 0.29) is 27.8 Å². The van der Waals surface area contributed by atoms with Crippen molar-refractivity contribution in [2.75, 3.05) is 14.2 Å². The van der Waals surface area contributed by atoms with Gasteiger partial charge in [-0.3, -0.25) is 13.9 Å². The predicted molar refractivity (Wildman–Crippen MR) is 99.7 cm³/mol. The molecule has 8 nitrogen and oxygen atoms in total. The second kappa shape index (κ2) is 6.83. The Kier molecular flexibility index (Phi) is 4.73. The monoisotopic (exact) mass is 376 g/mol. The largest absolute Gasteiger partial charge is 0.497 e. The molecule has 0 amide bonds. The van der Waals surface area contributed by atoms with Gasteiger partial charge in [0.25, 0.3) is 5.56 Å². The first-order valence-electron chi connectivity index (χ1n) is 7.92. The van der Waals surface area contributed by atoms with E-state index in [1.165, 1.54) is 9.13 Å². The van der Waals surface area contributed by atoms with Crippen LogP contribution in [0.25, 0.3) is 0 Å². The van der Waals surface area contributed by atoms with Crippen LogP contribution in [-0.4, -0.2) is 34.2 Å². The van der Waals surface area contributed by atoms with Gasteiger partial charge in [-0.2, -0.15) is 5.10 Å². The van der Waals surface area contributed by atoms with Crippen LogP contribution >= 0.6 is 12.2 Å². The van der Waals surface area contributed by atoms with Gasteiger partial charge in [0.1, 0.15) is 17.1 Å². The van der Waals surface area contributed by atoms with Gasteiger partial charge in [0, 0.05) is 26.1 Å². The molecule has 0 aliphatic carbocycles. The van der Waals surface area contributed by atoms with Crippen LogP contribution in [0.5, 0.6) is 17.4 Å². The lowest BCUT2D eigenvalue weighted by atomic mass is 9.99. The molecule has 138 valence electrons. The number of hydrogen-bond acceptors (Lipinski definition) is 7. The normalized spacial score (nSPS) is 16.2. The first-order chi connectivity index (χ1) is 12.4. The van der Waals surface area contributed by atoms with Crippen molar-refractivity contribution in [3.63, 3.8) is 0 Å². The lowest BCUT2D eigenvalue weighted by molar-refractivity contribution is 0.392. The van der Waals surface area contributed by atoms with E-state index in [9.17, 15) is 9.90 Å². The summed E-state index contributed by atoms with van der Waals surface area (Å²) < 4.78 is 13.6. The quantitative estimate of drug-likeness (QED) is 0.788. The van der Waals surface area contributed by atoms with E-state index in [0.29, 0.717) is 23.6 Å². The number of nitrogens with one attached hydrogen (secondary N) is 1. The van der Waals surface area contributed by atoms with Crippen molar-refractivity contribution in [2.24, 2.45) is 19.2 Å². The molecule has 2 N–H and O–H groups in total. The zero-order chi connectivity index (χ0) is 19.0. The van der Waals surface area contributed by atoms with Gasteiger partial charge >= 0.3 is 0 Å². The Morgan fingerprint density at radius 2 is 2.00 bits per heavy atom. The van der Waals surface area contributed by atoms with Crippen LogP contribution < -0.4 is 20.5 Å². The first kappa shape index (κ1) is 18.0. The van der Waals surface area contributed by atoms with Crippen LogP contribution in [0.3, 0.4) is 0 Å². The fraction of sp³-hybridized carbons (Fsp3) is 0.353. The maximum atomic E-state index is 12.6. The summed E-state index contributed by atoms with van der Waals surface area (Å²) in [5.74, 6) is 1.18. The second-order valence-electron chi connectivity index (χ2n) is 5.96.